The Morgan fingerprint density at radius 3 is 2.60 bits per heavy atom. The monoisotopic (exact) mass is 276 g/mol. The molecule has 0 radical (unpaired) electrons. The first-order valence-electron chi connectivity index (χ1n) is 4.14. The van der Waals surface area contributed by atoms with Crippen molar-refractivity contribution in [2.45, 2.75) is 5.33 Å². The maximum atomic E-state index is 13.1. The first-order valence-corrected chi connectivity index (χ1v) is 5.26. The van der Waals surface area contributed by atoms with Crippen molar-refractivity contribution in [3.05, 3.63) is 29.1 Å². The number of carbonyl (C=O) groups is 1. The van der Waals surface area contributed by atoms with E-state index >= 15 is 0 Å². The van der Waals surface area contributed by atoms with E-state index in [4.69, 9.17) is 4.74 Å². The van der Waals surface area contributed by atoms with Gasteiger partial charge in [-0.15, -0.1) is 0 Å². The Hall–Kier alpha value is -1.10. The van der Waals surface area contributed by atoms with Gasteiger partial charge in [-0.05, 0) is 11.6 Å². The van der Waals surface area contributed by atoms with E-state index in [1.165, 1.54) is 20.3 Å². The molecule has 0 N–H and O–H groups in total. The van der Waals surface area contributed by atoms with Gasteiger partial charge in [-0.2, -0.15) is 0 Å². The van der Waals surface area contributed by atoms with Crippen LogP contribution in [0.25, 0.3) is 0 Å². The summed E-state index contributed by atoms with van der Waals surface area (Å²) in [5.41, 5.74) is 0.747. The van der Waals surface area contributed by atoms with Gasteiger partial charge in [0, 0.05) is 11.4 Å². The lowest BCUT2D eigenvalue weighted by atomic mass is 10.1. The summed E-state index contributed by atoms with van der Waals surface area (Å²) in [5.74, 6) is -0.813. The van der Waals surface area contributed by atoms with Gasteiger partial charge >= 0.3 is 5.97 Å². The number of hydrogen-bond donors (Lipinski definition) is 0. The van der Waals surface area contributed by atoms with Crippen LogP contribution in [-0.4, -0.2) is 20.2 Å². The van der Waals surface area contributed by atoms with E-state index in [1.54, 1.807) is 0 Å². The van der Waals surface area contributed by atoms with Crippen LogP contribution in [0.4, 0.5) is 4.39 Å². The third-order valence-electron chi connectivity index (χ3n) is 1.90. The fourth-order valence-electron chi connectivity index (χ4n) is 1.24. The molecule has 0 aliphatic rings. The standard InChI is InChI=1S/C10H10BrFO3/c1-14-8-4-7(12)3-6(5-11)9(8)10(13)15-2/h3-4H,5H2,1-2H3. The highest BCUT2D eigenvalue weighted by atomic mass is 79.9. The van der Waals surface area contributed by atoms with Crippen molar-refractivity contribution >= 4 is 21.9 Å². The molecule has 0 saturated carbocycles. The van der Waals surface area contributed by atoms with Crippen molar-refractivity contribution in [3.63, 3.8) is 0 Å². The number of carbonyl (C=O) groups excluding carboxylic acids is 1. The normalized spacial score (nSPS) is 9.87. The summed E-state index contributed by atoms with van der Waals surface area (Å²) in [6, 6.07) is 2.42. The van der Waals surface area contributed by atoms with E-state index in [-0.39, 0.29) is 11.3 Å². The van der Waals surface area contributed by atoms with E-state index in [0.717, 1.165) is 6.07 Å². The molecular formula is C10H10BrFO3. The topological polar surface area (TPSA) is 35.5 Å². The van der Waals surface area contributed by atoms with E-state index in [1.807, 2.05) is 0 Å². The summed E-state index contributed by atoms with van der Waals surface area (Å²) in [4.78, 5) is 11.4. The zero-order chi connectivity index (χ0) is 11.4. The Balaban J connectivity index is 3.36. The lowest BCUT2D eigenvalue weighted by Crippen LogP contribution is -2.08. The van der Waals surface area contributed by atoms with Gasteiger partial charge < -0.3 is 9.47 Å². The van der Waals surface area contributed by atoms with Crippen LogP contribution in [0.3, 0.4) is 0 Å². The third kappa shape index (κ3) is 2.47. The Morgan fingerprint density at radius 2 is 2.13 bits per heavy atom. The summed E-state index contributed by atoms with van der Waals surface area (Å²) >= 11 is 3.17. The molecule has 1 aromatic carbocycles. The quantitative estimate of drug-likeness (QED) is 0.629. The van der Waals surface area contributed by atoms with Crippen molar-refractivity contribution < 1.29 is 18.7 Å². The molecule has 0 saturated heterocycles. The maximum absolute atomic E-state index is 13.1. The molecule has 0 aliphatic heterocycles. The van der Waals surface area contributed by atoms with E-state index in [2.05, 4.69) is 20.7 Å². The average molecular weight is 277 g/mol. The molecule has 0 aromatic heterocycles. The summed E-state index contributed by atoms with van der Waals surface area (Å²) in [7, 11) is 2.64. The van der Waals surface area contributed by atoms with Crippen molar-refractivity contribution in [2.24, 2.45) is 0 Å². The lowest BCUT2D eigenvalue weighted by Gasteiger charge is -2.10. The molecule has 0 heterocycles. The molecule has 1 rings (SSSR count). The number of halogens is 2. The third-order valence-corrected chi connectivity index (χ3v) is 2.51. The number of ether oxygens (including phenoxy) is 2. The van der Waals surface area contributed by atoms with E-state index in [0.29, 0.717) is 10.9 Å². The predicted octanol–water partition coefficient (Wildman–Crippen LogP) is 2.52. The van der Waals surface area contributed by atoms with Crippen LogP contribution < -0.4 is 4.74 Å². The smallest absolute Gasteiger partial charge is 0.341 e. The second-order valence-corrected chi connectivity index (χ2v) is 3.33. The molecule has 0 atom stereocenters. The highest BCUT2D eigenvalue weighted by Gasteiger charge is 2.18. The van der Waals surface area contributed by atoms with Crippen LogP contribution in [0.15, 0.2) is 12.1 Å². The molecule has 5 heteroatoms. The Bertz CT molecular complexity index is 354. The van der Waals surface area contributed by atoms with E-state index < -0.39 is 11.8 Å². The lowest BCUT2D eigenvalue weighted by molar-refractivity contribution is 0.0596. The van der Waals surface area contributed by atoms with Crippen LogP contribution in [0.2, 0.25) is 0 Å². The van der Waals surface area contributed by atoms with Gasteiger partial charge in [0.15, 0.2) is 0 Å². The second-order valence-electron chi connectivity index (χ2n) is 2.77. The molecule has 0 amide bonds. The zero-order valence-electron chi connectivity index (χ0n) is 8.34. The summed E-state index contributed by atoms with van der Waals surface area (Å²) in [6.45, 7) is 0. The highest BCUT2D eigenvalue weighted by Crippen LogP contribution is 2.26. The number of rotatable bonds is 3. The average Bonchev–Trinajstić information content (AvgIpc) is 2.26. The predicted molar refractivity (Wildman–Crippen MR) is 56.9 cm³/mol. The van der Waals surface area contributed by atoms with Gasteiger partial charge in [0.05, 0.1) is 14.2 Å². The minimum absolute atomic E-state index is 0.177. The fraction of sp³-hybridized carbons (Fsp3) is 0.300. The SMILES string of the molecule is COC(=O)c1c(CBr)cc(F)cc1OC. The molecule has 1 aromatic rings. The zero-order valence-corrected chi connectivity index (χ0v) is 9.93. The minimum atomic E-state index is -0.540. The van der Waals surface area contributed by atoms with Crippen LogP contribution in [0.1, 0.15) is 15.9 Å². The summed E-state index contributed by atoms with van der Waals surface area (Å²) in [5, 5.41) is 0.353. The van der Waals surface area contributed by atoms with Gasteiger partial charge in [0.1, 0.15) is 17.1 Å². The first kappa shape index (κ1) is 12.0. The number of esters is 1. The van der Waals surface area contributed by atoms with Crippen LogP contribution in [0, 0.1) is 5.82 Å². The van der Waals surface area contributed by atoms with Gasteiger partial charge in [0.2, 0.25) is 0 Å². The number of methoxy groups -OCH3 is 2. The number of benzene rings is 1. The Morgan fingerprint density at radius 1 is 1.47 bits per heavy atom. The first-order chi connectivity index (χ1) is 7.13. The number of hydrogen-bond acceptors (Lipinski definition) is 3. The van der Waals surface area contributed by atoms with Crippen LogP contribution in [0.5, 0.6) is 5.75 Å². The summed E-state index contributed by atoms with van der Waals surface area (Å²) in [6.07, 6.45) is 0. The van der Waals surface area contributed by atoms with Crippen LogP contribution >= 0.6 is 15.9 Å². The molecule has 15 heavy (non-hydrogen) atoms. The van der Waals surface area contributed by atoms with Crippen molar-refractivity contribution in [3.8, 4) is 5.75 Å². The van der Waals surface area contributed by atoms with Crippen molar-refractivity contribution in [1.82, 2.24) is 0 Å². The van der Waals surface area contributed by atoms with Crippen molar-refractivity contribution in [2.75, 3.05) is 14.2 Å². The van der Waals surface area contributed by atoms with Crippen molar-refractivity contribution in [1.29, 1.82) is 0 Å². The molecule has 82 valence electrons. The highest BCUT2D eigenvalue weighted by molar-refractivity contribution is 9.08. The molecular weight excluding hydrogens is 267 g/mol. The maximum Gasteiger partial charge on any atom is 0.341 e. The molecule has 0 aliphatic carbocycles. The molecule has 3 nitrogen and oxygen atoms in total. The molecule has 0 spiro atoms. The van der Waals surface area contributed by atoms with Gasteiger partial charge in [-0.3, -0.25) is 0 Å². The second kappa shape index (κ2) is 5.11. The van der Waals surface area contributed by atoms with Crippen LogP contribution in [-0.2, 0) is 10.1 Å². The van der Waals surface area contributed by atoms with Gasteiger partial charge in [0.25, 0.3) is 0 Å². The Labute approximate surface area is 95.3 Å². The largest absolute Gasteiger partial charge is 0.496 e. The summed E-state index contributed by atoms with van der Waals surface area (Å²) < 4.78 is 22.6. The minimum Gasteiger partial charge on any atom is -0.496 e. The Kier molecular flexibility index (Phi) is 4.08. The van der Waals surface area contributed by atoms with E-state index in [9.17, 15) is 9.18 Å². The molecule has 0 fully saturated rings. The number of alkyl halides is 1. The fourth-order valence-corrected chi connectivity index (χ4v) is 1.68. The molecule has 0 bridgehead atoms. The van der Waals surface area contributed by atoms with Gasteiger partial charge in [-0.1, -0.05) is 15.9 Å². The van der Waals surface area contributed by atoms with Gasteiger partial charge in [-0.25, -0.2) is 9.18 Å². The molecule has 0 unspecified atom stereocenters.